The van der Waals surface area contributed by atoms with Crippen LogP contribution in [0.5, 0.6) is 0 Å². The topological polar surface area (TPSA) is 125 Å². The van der Waals surface area contributed by atoms with E-state index in [4.69, 9.17) is 10.5 Å². The van der Waals surface area contributed by atoms with Crippen LogP contribution in [0.4, 0.5) is 25.8 Å². The molecule has 2 rings (SSSR count). The second-order valence-electron chi connectivity index (χ2n) is 5.16. The molecule has 26 heavy (non-hydrogen) atoms. The van der Waals surface area contributed by atoms with Crippen molar-refractivity contribution in [2.75, 3.05) is 11.1 Å². The van der Waals surface area contributed by atoms with E-state index in [0.29, 0.717) is 0 Å². The third-order valence-corrected chi connectivity index (χ3v) is 3.33. The number of non-ortho nitro benzene ring substituents is 1. The van der Waals surface area contributed by atoms with Crippen LogP contribution in [0.3, 0.4) is 0 Å². The number of carbonyl (C=O) groups excluding carboxylic acids is 2. The number of nitrogens with two attached hydrogens (primary N) is 1. The molecular weight excluding hydrogens is 352 g/mol. The number of nitrogen functional groups attached to an aromatic ring is 1. The molecule has 8 nitrogen and oxygen atoms in total. The molecule has 136 valence electrons. The minimum Gasteiger partial charge on any atom is -0.449 e. The summed E-state index contributed by atoms with van der Waals surface area (Å²) in [4.78, 5) is 34.1. The molecule has 0 unspecified atom stereocenters. The molecule has 1 amide bonds. The molecule has 0 aliphatic heterocycles. The Hall–Kier alpha value is -3.56. The molecule has 0 aromatic heterocycles. The molecule has 10 heteroatoms. The van der Waals surface area contributed by atoms with Crippen molar-refractivity contribution >= 4 is 28.9 Å². The Bertz CT molecular complexity index is 868. The molecule has 3 N–H and O–H groups in total. The van der Waals surface area contributed by atoms with E-state index in [-0.39, 0.29) is 11.3 Å². The number of anilines is 2. The largest absolute Gasteiger partial charge is 0.449 e. The maximum absolute atomic E-state index is 13.5. The maximum atomic E-state index is 13.5. The van der Waals surface area contributed by atoms with Crippen molar-refractivity contribution in [3.05, 3.63) is 63.7 Å². The molecule has 2 aromatic rings. The Morgan fingerprint density at radius 2 is 1.85 bits per heavy atom. The van der Waals surface area contributed by atoms with Crippen LogP contribution < -0.4 is 11.1 Å². The van der Waals surface area contributed by atoms with E-state index in [0.717, 1.165) is 36.4 Å². The lowest BCUT2D eigenvalue weighted by molar-refractivity contribution is -0.384. The van der Waals surface area contributed by atoms with Crippen LogP contribution in [0.25, 0.3) is 0 Å². The average molecular weight is 365 g/mol. The molecular formula is C16H13F2N3O5. The number of hydrogen-bond donors (Lipinski definition) is 2. The first-order valence-electron chi connectivity index (χ1n) is 7.20. The summed E-state index contributed by atoms with van der Waals surface area (Å²) in [5.41, 5.74) is 4.11. The van der Waals surface area contributed by atoms with Gasteiger partial charge in [0.05, 0.1) is 10.5 Å². The minimum atomic E-state index is -1.44. The number of nitro benzene ring substituents is 1. The van der Waals surface area contributed by atoms with E-state index in [1.54, 1.807) is 0 Å². The van der Waals surface area contributed by atoms with Crippen molar-refractivity contribution in [1.29, 1.82) is 0 Å². The number of esters is 1. The van der Waals surface area contributed by atoms with Crippen molar-refractivity contribution in [2.45, 2.75) is 13.0 Å². The number of nitro groups is 1. The van der Waals surface area contributed by atoms with Crippen LogP contribution >= 0.6 is 0 Å². The number of rotatable bonds is 5. The maximum Gasteiger partial charge on any atom is 0.341 e. The predicted molar refractivity (Wildman–Crippen MR) is 87.4 cm³/mol. The summed E-state index contributed by atoms with van der Waals surface area (Å²) in [6.45, 7) is 1.17. The highest BCUT2D eigenvalue weighted by Crippen LogP contribution is 2.22. The third-order valence-electron chi connectivity index (χ3n) is 3.33. The van der Waals surface area contributed by atoms with Gasteiger partial charge in [0.1, 0.15) is 17.3 Å². The summed E-state index contributed by atoms with van der Waals surface area (Å²) in [7, 11) is 0. The lowest BCUT2D eigenvalue weighted by Gasteiger charge is -2.15. The molecule has 0 saturated heterocycles. The van der Waals surface area contributed by atoms with Crippen LogP contribution in [-0.2, 0) is 9.53 Å². The van der Waals surface area contributed by atoms with Gasteiger partial charge in [-0.15, -0.1) is 0 Å². The summed E-state index contributed by atoms with van der Waals surface area (Å²) < 4.78 is 31.9. The third kappa shape index (κ3) is 4.09. The average Bonchev–Trinajstić information content (AvgIpc) is 2.58. The summed E-state index contributed by atoms with van der Waals surface area (Å²) in [5.74, 6) is -4.09. The van der Waals surface area contributed by atoms with Gasteiger partial charge in [-0.05, 0) is 25.1 Å². The zero-order valence-electron chi connectivity index (χ0n) is 13.4. The van der Waals surface area contributed by atoms with Gasteiger partial charge in [-0.3, -0.25) is 14.9 Å². The summed E-state index contributed by atoms with van der Waals surface area (Å²) >= 11 is 0. The lowest BCUT2D eigenvalue weighted by atomic mass is 10.1. The second kappa shape index (κ2) is 7.55. The van der Waals surface area contributed by atoms with Gasteiger partial charge in [0.15, 0.2) is 6.10 Å². The molecule has 0 fully saturated rings. The van der Waals surface area contributed by atoms with Crippen LogP contribution in [0.2, 0.25) is 0 Å². The number of hydrogen-bond acceptors (Lipinski definition) is 6. The van der Waals surface area contributed by atoms with Crippen molar-refractivity contribution in [3.8, 4) is 0 Å². The van der Waals surface area contributed by atoms with Crippen molar-refractivity contribution < 1.29 is 28.0 Å². The van der Waals surface area contributed by atoms with Gasteiger partial charge in [0.2, 0.25) is 0 Å². The molecule has 1 atom stereocenters. The lowest BCUT2D eigenvalue weighted by Crippen LogP contribution is -2.30. The normalized spacial score (nSPS) is 11.5. The first-order chi connectivity index (χ1) is 12.2. The fourth-order valence-corrected chi connectivity index (χ4v) is 1.95. The monoisotopic (exact) mass is 365 g/mol. The fourth-order valence-electron chi connectivity index (χ4n) is 1.95. The zero-order valence-corrected chi connectivity index (χ0v) is 13.4. The highest BCUT2D eigenvalue weighted by atomic mass is 19.1. The zero-order chi connectivity index (χ0) is 19.4. The quantitative estimate of drug-likeness (QED) is 0.363. The summed E-state index contributed by atoms with van der Waals surface area (Å²) in [6, 6.07) is 6.16. The van der Waals surface area contributed by atoms with Gasteiger partial charge in [-0.25, -0.2) is 13.6 Å². The van der Waals surface area contributed by atoms with E-state index in [2.05, 4.69) is 0 Å². The van der Waals surface area contributed by atoms with Crippen molar-refractivity contribution in [3.63, 3.8) is 0 Å². The standard InChI is InChI=1S/C16H13F2N3O5/c1-8(15(22)20-14-11(17)3-2-4-12(14)18)26-16(23)10-7-9(21(24)25)5-6-13(10)19/h2-8H,19H2,1H3,(H,20,22)/t8-/m1/s1. The van der Waals surface area contributed by atoms with Crippen LogP contribution in [0.1, 0.15) is 17.3 Å². The second-order valence-corrected chi connectivity index (χ2v) is 5.16. The first kappa shape index (κ1) is 18.8. The van der Waals surface area contributed by atoms with Crippen molar-refractivity contribution in [1.82, 2.24) is 0 Å². The van der Waals surface area contributed by atoms with E-state index < -0.39 is 45.9 Å². The predicted octanol–water partition coefficient (Wildman–Crippen LogP) is 2.64. The highest BCUT2D eigenvalue weighted by Gasteiger charge is 2.23. The van der Waals surface area contributed by atoms with Crippen LogP contribution in [-0.4, -0.2) is 22.9 Å². The van der Waals surface area contributed by atoms with Gasteiger partial charge >= 0.3 is 5.97 Å². The van der Waals surface area contributed by atoms with Gasteiger partial charge < -0.3 is 15.8 Å². The first-order valence-corrected chi connectivity index (χ1v) is 7.20. The minimum absolute atomic E-state index is 0.0895. The van der Waals surface area contributed by atoms with Gasteiger partial charge in [-0.1, -0.05) is 6.07 Å². The number of benzene rings is 2. The SMILES string of the molecule is C[C@@H](OC(=O)c1cc([N+](=O)[O-])ccc1N)C(=O)Nc1c(F)cccc1F. The molecule has 0 heterocycles. The summed E-state index contributed by atoms with van der Waals surface area (Å²) in [5, 5.41) is 12.7. The molecule has 0 spiro atoms. The van der Waals surface area contributed by atoms with Gasteiger partial charge in [0.25, 0.3) is 11.6 Å². The number of ether oxygens (including phenoxy) is 1. The van der Waals surface area contributed by atoms with Crippen LogP contribution in [0.15, 0.2) is 36.4 Å². The smallest absolute Gasteiger partial charge is 0.341 e. The van der Waals surface area contributed by atoms with E-state index in [1.165, 1.54) is 6.92 Å². The Kier molecular flexibility index (Phi) is 5.45. The molecule has 0 aliphatic carbocycles. The Balaban J connectivity index is 2.13. The molecule has 0 aliphatic rings. The number of amides is 1. The molecule has 0 bridgehead atoms. The fraction of sp³-hybridized carbons (Fsp3) is 0.125. The molecule has 0 saturated carbocycles. The molecule has 2 aromatic carbocycles. The highest BCUT2D eigenvalue weighted by molar-refractivity contribution is 5.99. The Morgan fingerprint density at radius 3 is 2.42 bits per heavy atom. The van der Waals surface area contributed by atoms with Crippen LogP contribution in [0, 0.1) is 21.7 Å². The number of carbonyl (C=O) groups is 2. The van der Waals surface area contributed by atoms with E-state index >= 15 is 0 Å². The number of para-hydroxylation sites is 1. The Labute approximate surface area is 145 Å². The van der Waals surface area contributed by atoms with E-state index in [1.807, 2.05) is 5.32 Å². The number of halogens is 2. The molecule has 0 radical (unpaired) electrons. The summed E-state index contributed by atoms with van der Waals surface area (Å²) in [6.07, 6.45) is -1.44. The van der Waals surface area contributed by atoms with Gasteiger partial charge in [0, 0.05) is 17.8 Å². The van der Waals surface area contributed by atoms with Gasteiger partial charge in [-0.2, -0.15) is 0 Å². The van der Waals surface area contributed by atoms with E-state index in [9.17, 15) is 28.5 Å². The van der Waals surface area contributed by atoms with Crippen molar-refractivity contribution in [2.24, 2.45) is 0 Å². The Morgan fingerprint density at radius 1 is 1.23 bits per heavy atom. The number of nitrogens with one attached hydrogen (secondary N) is 1. The number of nitrogens with zero attached hydrogens (tertiary/aromatic N) is 1.